The Balaban J connectivity index is 1.88. The summed E-state index contributed by atoms with van der Waals surface area (Å²) in [5.41, 5.74) is 2.22. The van der Waals surface area contributed by atoms with Gasteiger partial charge in [0.25, 0.3) is 0 Å². The highest BCUT2D eigenvalue weighted by Crippen LogP contribution is 2.34. The van der Waals surface area contributed by atoms with Gasteiger partial charge in [-0.3, -0.25) is 4.79 Å². The lowest BCUT2D eigenvalue weighted by Gasteiger charge is -2.30. The minimum absolute atomic E-state index is 0.237. The molecule has 88 valence electrons. The average molecular weight is 226 g/mol. The van der Waals surface area contributed by atoms with Gasteiger partial charge in [-0.05, 0) is 43.6 Å². The van der Waals surface area contributed by atoms with Gasteiger partial charge in [-0.2, -0.15) is 0 Å². The Kier molecular flexibility index (Phi) is 2.84. The van der Waals surface area contributed by atoms with Crippen LogP contribution in [-0.4, -0.2) is 5.78 Å². The maximum atomic E-state index is 12.5. The van der Waals surface area contributed by atoms with Gasteiger partial charge in [-0.15, -0.1) is 0 Å². The first-order valence-electron chi connectivity index (χ1n) is 6.65. The zero-order chi connectivity index (χ0) is 11.7. The first-order valence-corrected chi connectivity index (χ1v) is 6.65. The maximum absolute atomic E-state index is 12.5. The largest absolute Gasteiger partial charge is 0.294 e. The van der Waals surface area contributed by atoms with Crippen LogP contribution in [0.15, 0.2) is 36.4 Å². The van der Waals surface area contributed by atoms with Crippen molar-refractivity contribution in [1.82, 2.24) is 0 Å². The Labute approximate surface area is 103 Å². The molecule has 0 aliphatic heterocycles. The van der Waals surface area contributed by atoms with Crippen molar-refractivity contribution in [3.8, 4) is 0 Å². The van der Waals surface area contributed by atoms with Crippen molar-refractivity contribution < 1.29 is 4.79 Å². The molecule has 1 heteroatoms. The van der Waals surface area contributed by atoms with Gasteiger partial charge in [0.1, 0.15) is 0 Å². The van der Waals surface area contributed by atoms with Crippen molar-refractivity contribution in [2.24, 2.45) is 11.8 Å². The number of fused-ring (bicyclic) bond motifs is 1. The van der Waals surface area contributed by atoms with Crippen LogP contribution in [0, 0.1) is 11.8 Å². The Morgan fingerprint density at radius 3 is 2.82 bits per heavy atom. The van der Waals surface area contributed by atoms with Crippen molar-refractivity contribution in [2.75, 3.05) is 0 Å². The molecule has 0 fully saturated rings. The number of allylic oxidation sites excluding steroid dienone is 2. The molecule has 0 N–H and O–H groups in total. The third-order valence-electron chi connectivity index (χ3n) is 4.15. The molecule has 17 heavy (non-hydrogen) atoms. The second-order valence-electron chi connectivity index (χ2n) is 5.19. The number of aryl methyl sites for hydroxylation is 1. The molecule has 1 nitrogen and oxygen atoms in total. The van der Waals surface area contributed by atoms with Gasteiger partial charge >= 0.3 is 0 Å². The second-order valence-corrected chi connectivity index (χ2v) is 5.19. The van der Waals surface area contributed by atoms with Gasteiger partial charge in [0, 0.05) is 11.5 Å². The summed E-state index contributed by atoms with van der Waals surface area (Å²) >= 11 is 0. The van der Waals surface area contributed by atoms with Gasteiger partial charge in [0.2, 0.25) is 0 Å². The predicted molar refractivity (Wildman–Crippen MR) is 69.1 cm³/mol. The van der Waals surface area contributed by atoms with E-state index < -0.39 is 0 Å². The first kappa shape index (κ1) is 10.8. The zero-order valence-corrected chi connectivity index (χ0v) is 10.1. The van der Waals surface area contributed by atoms with Gasteiger partial charge < -0.3 is 0 Å². The SMILES string of the molecule is O=C1c2ccccc2CCC1C1C=CCCC1. The molecule has 3 rings (SSSR count). The van der Waals surface area contributed by atoms with Crippen LogP contribution < -0.4 is 0 Å². The number of hydrogen-bond donors (Lipinski definition) is 0. The lowest BCUT2D eigenvalue weighted by atomic mass is 9.73. The molecule has 0 aromatic heterocycles. The molecule has 0 saturated heterocycles. The summed E-state index contributed by atoms with van der Waals surface area (Å²) in [6, 6.07) is 8.11. The molecule has 0 bridgehead atoms. The van der Waals surface area contributed by atoms with Crippen LogP contribution in [0.25, 0.3) is 0 Å². The quantitative estimate of drug-likeness (QED) is 0.666. The topological polar surface area (TPSA) is 17.1 Å². The van der Waals surface area contributed by atoms with E-state index in [0.717, 1.165) is 18.4 Å². The van der Waals surface area contributed by atoms with Gasteiger partial charge in [-0.25, -0.2) is 0 Å². The summed E-state index contributed by atoms with van der Waals surface area (Å²) in [7, 11) is 0. The van der Waals surface area contributed by atoms with Crippen molar-refractivity contribution in [3.05, 3.63) is 47.5 Å². The summed E-state index contributed by atoms with van der Waals surface area (Å²) in [5, 5.41) is 0. The van der Waals surface area contributed by atoms with E-state index in [1.807, 2.05) is 18.2 Å². The molecule has 2 aliphatic rings. The van der Waals surface area contributed by atoms with Crippen LogP contribution in [0.1, 0.15) is 41.6 Å². The fourth-order valence-corrected chi connectivity index (χ4v) is 3.20. The number of rotatable bonds is 1. The molecule has 2 aliphatic carbocycles. The fourth-order valence-electron chi connectivity index (χ4n) is 3.20. The Bertz CT molecular complexity index is 458. The lowest BCUT2D eigenvalue weighted by molar-refractivity contribution is 0.0861. The third-order valence-corrected chi connectivity index (χ3v) is 4.15. The van der Waals surface area contributed by atoms with Gasteiger partial charge in [-0.1, -0.05) is 36.4 Å². The number of benzene rings is 1. The van der Waals surface area contributed by atoms with Crippen molar-refractivity contribution in [2.45, 2.75) is 32.1 Å². The molecular formula is C16H18O. The van der Waals surface area contributed by atoms with E-state index in [0.29, 0.717) is 11.7 Å². The minimum atomic E-state index is 0.237. The highest BCUT2D eigenvalue weighted by atomic mass is 16.1. The number of hydrogen-bond acceptors (Lipinski definition) is 1. The van der Waals surface area contributed by atoms with Crippen molar-refractivity contribution in [1.29, 1.82) is 0 Å². The van der Waals surface area contributed by atoms with Crippen LogP contribution in [-0.2, 0) is 6.42 Å². The highest BCUT2D eigenvalue weighted by molar-refractivity contribution is 6.00. The second kappa shape index (κ2) is 4.48. The van der Waals surface area contributed by atoms with E-state index in [1.165, 1.54) is 24.8 Å². The molecule has 1 aromatic rings. The van der Waals surface area contributed by atoms with E-state index in [4.69, 9.17) is 0 Å². The smallest absolute Gasteiger partial charge is 0.166 e. The maximum Gasteiger partial charge on any atom is 0.166 e. The number of ketones is 1. The van der Waals surface area contributed by atoms with Crippen LogP contribution in [0.4, 0.5) is 0 Å². The Morgan fingerprint density at radius 1 is 1.12 bits per heavy atom. The van der Waals surface area contributed by atoms with Crippen LogP contribution in [0.5, 0.6) is 0 Å². The summed E-state index contributed by atoms with van der Waals surface area (Å²) in [6.45, 7) is 0. The van der Waals surface area contributed by atoms with E-state index in [9.17, 15) is 4.79 Å². The summed E-state index contributed by atoms with van der Waals surface area (Å²) < 4.78 is 0. The zero-order valence-electron chi connectivity index (χ0n) is 10.1. The number of carbonyl (C=O) groups excluding carboxylic acids is 1. The molecule has 2 atom stereocenters. The molecule has 2 unspecified atom stereocenters. The highest BCUT2D eigenvalue weighted by Gasteiger charge is 2.32. The fraction of sp³-hybridized carbons (Fsp3) is 0.438. The summed E-state index contributed by atoms with van der Waals surface area (Å²) in [6.07, 6.45) is 10.2. The van der Waals surface area contributed by atoms with Crippen LogP contribution in [0.3, 0.4) is 0 Å². The summed E-state index contributed by atoms with van der Waals surface area (Å²) in [4.78, 5) is 12.5. The number of carbonyl (C=O) groups is 1. The first-order chi connectivity index (χ1) is 8.36. The van der Waals surface area contributed by atoms with E-state index >= 15 is 0 Å². The van der Waals surface area contributed by atoms with Crippen LogP contribution in [0.2, 0.25) is 0 Å². The Morgan fingerprint density at radius 2 is 2.00 bits per heavy atom. The van der Waals surface area contributed by atoms with Gasteiger partial charge in [0.05, 0.1) is 0 Å². The predicted octanol–water partition coefficient (Wildman–Crippen LogP) is 3.79. The number of Topliss-reactive ketones (excluding diaryl/α,β-unsaturated/α-hetero) is 1. The molecular weight excluding hydrogens is 208 g/mol. The normalized spacial score (nSPS) is 27.9. The molecule has 1 aromatic carbocycles. The van der Waals surface area contributed by atoms with Gasteiger partial charge in [0.15, 0.2) is 5.78 Å². The molecule has 0 amide bonds. The van der Waals surface area contributed by atoms with E-state index in [1.54, 1.807) is 0 Å². The minimum Gasteiger partial charge on any atom is -0.294 e. The summed E-state index contributed by atoms with van der Waals surface area (Å²) in [5.74, 6) is 1.11. The lowest BCUT2D eigenvalue weighted by Crippen LogP contribution is -2.29. The van der Waals surface area contributed by atoms with Crippen LogP contribution >= 0.6 is 0 Å². The monoisotopic (exact) mass is 226 g/mol. The van der Waals surface area contributed by atoms with Crippen molar-refractivity contribution >= 4 is 5.78 Å². The molecule has 0 heterocycles. The van der Waals surface area contributed by atoms with Crippen molar-refractivity contribution in [3.63, 3.8) is 0 Å². The molecule has 0 radical (unpaired) electrons. The van der Waals surface area contributed by atoms with E-state index in [2.05, 4.69) is 18.2 Å². The molecule has 0 spiro atoms. The Hall–Kier alpha value is -1.37. The average Bonchev–Trinajstić information content (AvgIpc) is 2.40. The standard InChI is InChI=1S/C16H18O/c17-16-14-9-5-4-8-13(14)10-11-15(16)12-6-2-1-3-7-12/h2,4-6,8-9,12,15H,1,3,7,10-11H2. The third kappa shape index (κ3) is 1.95. The molecule has 0 saturated carbocycles. The van der Waals surface area contributed by atoms with E-state index in [-0.39, 0.29) is 5.92 Å².